The molecule has 2 aromatic rings. The number of nitrogens with zero attached hydrogens (tertiary/aromatic N) is 3. The molecule has 27 heavy (non-hydrogen) atoms. The van der Waals surface area contributed by atoms with E-state index in [-0.39, 0.29) is 35.5 Å². The molecule has 1 saturated heterocycles. The molecule has 0 unspecified atom stereocenters. The fourth-order valence-corrected chi connectivity index (χ4v) is 5.81. The van der Waals surface area contributed by atoms with Crippen LogP contribution < -0.4 is 0 Å². The van der Waals surface area contributed by atoms with Gasteiger partial charge in [-0.05, 0) is 43.1 Å². The van der Waals surface area contributed by atoms with E-state index in [1.54, 1.807) is 6.21 Å². The van der Waals surface area contributed by atoms with Gasteiger partial charge in [0.25, 0.3) is 11.8 Å². The first kappa shape index (κ1) is 15.4. The highest BCUT2D eigenvalue weighted by molar-refractivity contribution is 6.07. The smallest absolute Gasteiger partial charge is 0.254 e. The van der Waals surface area contributed by atoms with Crippen LogP contribution in [0.5, 0.6) is 0 Å². The molecule has 136 valence electrons. The van der Waals surface area contributed by atoms with Gasteiger partial charge in [-0.3, -0.25) is 9.59 Å². The Labute approximate surface area is 157 Å². The van der Waals surface area contributed by atoms with Gasteiger partial charge in [0.15, 0.2) is 0 Å². The molecular weight excluding hydrogens is 338 g/mol. The van der Waals surface area contributed by atoms with Gasteiger partial charge in [-0.1, -0.05) is 30.4 Å². The molecule has 2 heterocycles. The number of fused-ring (bicyclic) bond motifs is 1. The largest absolute Gasteiger partial charge is 0.347 e. The molecule has 1 aromatic carbocycles. The Hall–Kier alpha value is -2.69. The van der Waals surface area contributed by atoms with Crippen LogP contribution in [0.3, 0.4) is 0 Å². The van der Waals surface area contributed by atoms with E-state index in [4.69, 9.17) is 0 Å². The van der Waals surface area contributed by atoms with Crippen molar-refractivity contribution in [1.82, 2.24) is 9.58 Å². The summed E-state index contributed by atoms with van der Waals surface area (Å²) in [5.41, 5.74) is 2.07. The monoisotopic (exact) mass is 359 g/mol. The third-order valence-electron chi connectivity index (χ3n) is 7.11. The van der Waals surface area contributed by atoms with Gasteiger partial charge in [0.2, 0.25) is 0 Å². The molecule has 7 rings (SSSR count). The van der Waals surface area contributed by atoms with Crippen molar-refractivity contribution in [1.29, 1.82) is 0 Å². The second kappa shape index (κ2) is 5.18. The van der Waals surface area contributed by atoms with Gasteiger partial charge < -0.3 is 4.57 Å². The van der Waals surface area contributed by atoms with E-state index in [1.165, 1.54) is 6.42 Å². The lowest BCUT2D eigenvalue weighted by atomic mass is 9.63. The Bertz CT molecular complexity index is 1010. The number of benzene rings is 1. The van der Waals surface area contributed by atoms with Gasteiger partial charge in [0.1, 0.15) is 0 Å². The summed E-state index contributed by atoms with van der Waals surface area (Å²) in [6.07, 6.45) is 9.26. The van der Waals surface area contributed by atoms with Crippen molar-refractivity contribution in [3.8, 4) is 0 Å². The lowest BCUT2D eigenvalue weighted by Crippen LogP contribution is -2.40. The SMILES string of the molecule is CCn1cc(/C=N\N2C(=O)[C@@H]3[C@H]4C=C[C@@H]([C@@H]5C[C@@H]45)[C@@H]3C2=O)c2ccccc21. The minimum absolute atomic E-state index is 0.106. The van der Waals surface area contributed by atoms with Crippen molar-refractivity contribution in [2.24, 2.45) is 40.6 Å². The topological polar surface area (TPSA) is 54.7 Å². The minimum Gasteiger partial charge on any atom is -0.347 e. The number of hydrazone groups is 1. The third-order valence-corrected chi connectivity index (χ3v) is 7.11. The molecule has 1 aliphatic heterocycles. The first-order valence-corrected chi connectivity index (χ1v) is 9.87. The van der Waals surface area contributed by atoms with E-state index in [9.17, 15) is 9.59 Å². The van der Waals surface area contributed by atoms with Gasteiger partial charge in [-0.25, -0.2) is 0 Å². The number of imide groups is 1. The summed E-state index contributed by atoms with van der Waals surface area (Å²) in [6.45, 7) is 2.96. The average molecular weight is 359 g/mol. The summed E-state index contributed by atoms with van der Waals surface area (Å²) in [5.74, 6) is 1.12. The quantitative estimate of drug-likeness (QED) is 0.480. The fourth-order valence-electron chi connectivity index (χ4n) is 5.81. The maximum Gasteiger partial charge on any atom is 0.254 e. The molecule has 5 nitrogen and oxygen atoms in total. The summed E-state index contributed by atoms with van der Waals surface area (Å²) >= 11 is 0. The minimum atomic E-state index is -0.189. The first-order chi connectivity index (χ1) is 13.2. The molecule has 6 atom stereocenters. The molecule has 0 spiro atoms. The number of amides is 2. The summed E-state index contributed by atoms with van der Waals surface area (Å²) < 4.78 is 2.15. The molecule has 5 aliphatic rings. The number of allylic oxidation sites excluding steroid dienone is 2. The normalized spacial score (nSPS) is 36.1. The number of rotatable bonds is 3. The first-order valence-electron chi connectivity index (χ1n) is 9.87. The average Bonchev–Trinajstić information content (AvgIpc) is 3.40. The molecule has 1 aromatic heterocycles. The van der Waals surface area contributed by atoms with Crippen molar-refractivity contribution in [3.05, 3.63) is 48.2 Å². The van der Waals surface area contributed by atoms with Gasteiger partial charge >= 0.3 is 0 Å². The van der Waals surface area contributed by atoms with Gasteiger partial charge in [0, 0.05) is 29.2 Å². The molecule has 2 amide bonds. The van der Waals surface area contributed by atoms with Crippen LogP contribution in [0.1, 0.15) is 18.9 Å². The molecular formula is C22H21N3O2. The van der Waals surface area contributed by atoms with Crippen LogP contribution in [0, 0.1) is 35.5 Å². The number of hydrogen-bond acceptors (Lipinski definition) is 3. The number of carbonyl (C=O) groups excluding carboxylic acids is 2. The highest BCUT2D eigenvalue weighted by Gasteiger charge is 2.67. The van der Waals surface area contributed by atoms with Crippen molar-refractivity contribution >= 4 is 28.9 Å². The maximum absolute atomic E-state index is 13.0. The number of para-hydroxylation sites is 1. The summed E-state index contributed by atoms with van der Waals surface area (Å²) in [6, 6.07) is 8.14. The molecule has 2 saturated carbocycles. The van der Waals surface area contributed by atoms with Gasteiger partial charge in [-0.15, -0.1) is 0 Å². The van der Waals surface area contributed by atoms with Gasteiger partial charge in [0.05, 0.1) is 18.1 Å². The summed E-state index contributed by atoms with van der Waals surface area (Å²) in [4.78, 5) is 26.0. The van der Waals surface area contributed by atoms with E-state index in [2.05, 4.69) is 34.8 Å². The number of carbonyl (C=O) groups is 2. The van der Waals surface area contributed by atoms with Crippen LogP contribution in [-0.4, -0.2) is 27.6 Å². The van der Waals surface area contributed by atoms with E-state index in [1.807, 2.05) is 24.4 Å². The van der Waals surface area contributed by atoms with E-state index in [0.717, 1.165) is 28.0 Å². The van der Waals surface area contributed by atoms with E-state index < -0.39 is 0 Å². The molecule has 5 heteroatoms. The van der Waals surface area contributed by atoms with Crippen LogP contribution in [0.15, 0.2) is 47.7 Å². The van der Waals surface area contributed by atoms with Crippen molar-refractivity contribution in [2.45, 2.75) is 19.9 Å². The number of aromatic nitrogens is 1. The lowest BCUT2D eigenvalue weighted by Gasteiger charge is -2.37. The van der Waals surface area contributed by atoms with Crippen LogP contribution in [-0.2, 0) is 16.1 Å². The zero-order chi connectivity index (χ0) is 18.3. The van der Waals surface area contributed by atoms with Crippen molar-refractivity contribution in [2.75, 3.05) is 0 Å². The summed E-state index contributed by atoms with van der Waals surface area (Å²) in [7, 11) is 0. The highest BCUT2D eigenvalue weighted by atomic mass is 16.2. The van der Waals surface area contributed by atoms with Crippen LogP contribution in [0.4, 0.5) is 0 Å². The third kappa shape index (κ3) is 1.92. The Morgan fingerprint density at radius 1 is 1.07 bits per heavy atom. The van der Waals surface area contributed by atoms with Crippen molar-refractivity contribution < 1.29 is 9.59 Å². The van der Waals surface area contributed by atoms with Gasteiger partial charge in [-0.2, -0.15) is 10.1 Å². The molecule has 3 fully saturated rings. The molecule has 0 radical (unpaired) electrons. The Morgan fingerprint density at radius 2 is 1.74 bits per heavy atom. The summed E-state index contributed by atoms with van der Waals surface area (Å²) in [5, 5.41) is 6.63. The zero-order valence-corrected chi connectivity index (χ0v) is 15.2. The van der Waals surface area contributed by atoms with E-state index >= 15 is 0 Å². The fraction of sp³-hybridized carbons (Fsp3) is 0.409. The standard InChI is InChI=1S/C22H21N3O2/c1-2-24-11-12(13-5-3-4-6-18(13)24)10-23-25-21(26)19-14-7-8-15(17-9-16(14)17)20(19)22(25)27/h3-8,10-11,14-17,19-20H,2,9H2,1H3/b23-10-/t14-,15-,16-,17-,19-,20+/m0/s1. The van der Waals surface area contributed by atoms with Crippen LogP contribution >= 0.6 is 0 Å². The lowest BCUT2D eigenvalue weighted by molar-refractivity contribution is -0.140. The van der Waals surface area contributed by atoms with Crippen LogP contribution in [0.2, 0.25) is 0 Å². The predicted octanol–water partition coefficient (Wildman–Crippen LogP) is 3.05. The zero-order valence-electron chi connectivity index (χ0n) is 15.2. The maximum atomic E-state index is 13.0. The number of hydrogen-bond donors (Lipinski definition) is 0. The van der Waals surface area contributed by atoms with E-state index in [0.29, 0.717) is 11.8 Å². The van der Waals surface area contributed by atoms with Crippen LogP contribution in [0.25, 0.3) is 10.9 Å². The Balaban J connectivity index is 1.35. The number of aryl methyl sites for hydroxylation is 1. The predicted molar refractivity (Wildman–Crippen MR) is 102 cm³/mol. The Morgan fingerprint density at radius 3 is 2.41 bits per heavy atom. The van der Waals surface area contributed by atoms with Crippen molar-refractivity contribution in [3.63, 3.8) is 0 Å². The molecule has 2 bridgehead atoms. The molecule has 0 N–H and O–H groups in total. The Kier molecular flexibility index (Phi) is 2.95. The second-order valence-corrected chi connectivity index (χ2v) is 8.28. The highest BCUT2D eigenvalue weighted by Crippen LogP contribution is 2.65. The molecule has 4 aliphatic carbocycles. The second-order valence-electron chi connectivity index (χ2n) is 8.28.